The standard InChI is InChI=1S/C14H10F5N5S/c1-24-10(2-12(23-24)14(17,18)19)11-6-22-13(25-11)21-3-7-8(15)4-20-5-9(7)16/h2,4-6H,3H2,1H3,(H,21,22). The number of halogens is 5. The molecular formula is C14H10F5N5S. The summed E-state index contributed by atoms with van der Waals surface area (Å²) >= 11 is 1.04. The van der Waals surface area contributed by atoms with Gasteiger partial charge in [-0.1, -0.05) is 11.3 Å². The number of thiazole rings is 1. The number of anilines is 1. The van der Waals surface area contributed by atoms with Crippen molar-refractivity contribution < 1.29 is 22.0 Å². The molecule has 0 spiro atoms. The summed E-state index contributed by atoms with van der Waals surface area (Å²) < 4.78 is 66.3. The predicted molar refractivity (Wildman–Crippen MR) is 80.8 cm³/mol. The molecule has 0 amide bonds. The SMILES string of the molecule is Cn1nc(C(F)(F)F)cc1-c1cnc(NCc2c(F)cncc2F)s1. The van der Waals surface area contributed by atoms with E-state index < -0.39 is 23.5 Å². The Morgan fingerprint density at radius 2 is 1.84 bits per heavy atom. The first-order valence-corrected chi connectivity index (χ1v) is 7.66. The lowest BCUT2D eigenvalue weighted by molar-refractivity contribution is -0.141. The van der Waals surface area contributed by atoms with Crippen LogP contribution >= 0.6 is 11.3 Å². The van der Waals surface area contributed by atoms with E-state index in [0.717, 1.165) is 34.5 Å². The largest absolute Gasteiger partial charge is 0.435 e. The van der Waals surface area contributed by atoms with Crippen LogP contribution in [0.25, 0.3) is 10.6 Å². The maximum Gasteiger partial charge on any atom is 0.435 e. The predicted octanol–water partition coefficient (Wildman–Crippen LogP) is 3.85. The van der Waals surface area contributed by atoms with Gasteiger partial charge in [0.15, 0.2) is 10.8 Å². The summed E-state index contributed by atoms with van der Waals surface area (Å²) in [6, 6.07) is 0.916. The number of hydrogen-bond acceptors (Lipinski definition) is 5. The summed E-state index contributed by atoms with van der Waals surface area (Å²) in [5.41, 5.74) is -0.973. The molecule has 0 aliphatic carbocycles. The number of pyridine rings is 1. The fourth-order valence-electron chi connectivity index (χ4n) is 2.08. The van der Waals surface area contributed by atoms with Gasteiger partial charge >= 0.3 is 6.18 Å². The van der Waals surface area contributed by atoms with Crippen molar-refractivity contribution in [1.29, 1.82) is 0 Å². The second-order valence-electron chi connectivity index (χ2n) is 5.00. The lowest BCUT2D eigenvalue weighted by Gasteiger charge is -2.04. The molecule has 0 aliphatic rings. The van der Waals surface area contributed by atoms with E-state index in [1.807, 2.05) is 0 Å². The number of hydrogen-bond donors (Lipinski definition) is 1. The first-order chi connectivity index (χ1) is 11.8. The minimum atomic E-state index is -4.54. The van der Waals surface area contributed by atoms with Crippen molar-refractivity contribution in [2.24, 2.45) is 7.05 Å². The van der Waals surface area contributed by atoms with Crippen LogP contribution in [0.15, 0.2) is 24.7 Å². The molecule has 3 heterocycles. The van der Waals surface area contributed by atoms with Gasteiger partial charge in [0.2, 0.25) is 0 Å². The molecule has 5 nitrogen and oxygen atoms in total. The monoisotopic (exact) mass is 375 g/mol. The summed E-state index contributed by atoms with van der Waals surface area (Å²) in [6.45, 7) is -0.174. The van der Waals surface area contributed by atoms with Gasteiger partial charge < -0.3 is 5.32 Å². The Morgan fingerprint density at radius 3 is 2.44 bits per heavy atom. The molecule has 0 aromatic carbocycles. The maximum absolute atomic E-state index is 13.5. The highest BCUT2D eigenvalue weighted by Gasteiger charge is 2.34. The Balaban J connectivity index is 1.78. The average molecular weight is 375 g/mol. The molecule has 3 aromatic rings. The van der Waals surface area contributed by atoms with E-state index in [4.69, 9.17) is 0 Å². The van der Waals surface area contributed by atoms with Gasteiger partial charge in [0.25, 0.3) is 0 Å². The van der Waals surface area contributed by atoms with Crippen LogP contribution in [0.2, 0.25) is 0 Å². The Kier molecular flexibility index (Phi) is 4.41. The van der Waals surface area contributed by atoms with Crippen LogP contribution in [0.5, 0.6) is 0 Å². The van der Waals surface area contributed by atoms with Crippen molar-refractivity contribution in [2.75, 3.05) is 5.32 Å². The van der Waals surface area contributed by atoms with Gasteiger partial charge in [0.1, 0.15) is 11.6 Å². The number of aryl methyl sites for hydroxylation is 1. The molecule has 25 heavy (non-hydrogen) atoms. The van der Waals surface area contributed by atoms with Gasteiger partial charge in [-0.25, -0.2) is 13.8 Å². The topological polar surface area (TPSA) is 55.6 Å². The van der Waals surface area contributed by atoms with Crippen molar-refractivity contribution in [3.05, 3.63) is 47.5 Å². The quantitative estimate of drug-likeness (QED) is 0.704. The fourth-order valence-corrected chi connectivity index (χ4v) is 2.94. The first-order valence-electron chi connectivity index (χ1n) is 6.85. The number of aromatic nitrogens is 4. The lowest BCUT2D eigenvalue weighted by atomic mass is 10.2. The van der Waals surface area contributed by atoms with E-state index in [2.05, 4.69) is 20.4 Å². The van der Waals surface area contributed by atoms with Crippen LogP contribution < -0.4 is 5.32 Å². The van der Waals surface area contributed by atoms with Gasteiger partial charge in [-0.3, -0.25) is 9.67 Å². The smallest absolute Gasteiger partial charge is 0.357 e. The van der Waals surface area contributed by atoms with E-state index >= 15 is 0 Å². The van der Waals surface area contributed by atoms with Crippen molar-refractivity contribution in [3.63, 3.8) is 0 Å². The van der Waals surface area contributed by atoms with Crippen LogP contribution in [0.4, 0.5) is 27.1 Å². The third kappa shape index (κ3) is 3.60. The van der Waals surface area contributed by atoms with Crippen molar-refractivity contribution in [1.82, 2.24) is 19.7 Å². The van der Waals surface area contributed by atoms with Gasteiger partial charge in [-0.05, 0) is 6.07 Å². The third-order valence-electron chi connectivity index (χ3n) is 3.30. The van der Waals surface area contributed by atoms with Crippen LogP contribution in [0, 0.1) is 11.6 Å². The number of alkyl halides is 3. The second kappa shape index (κ2) is 6.39. The summed E-state index contributed by atoms with van der Waals surface area (Å²) in [5.74, 6) is -1.60. The first kappa shape index (κ1) is 17.3. The molecule has 0 fully saturated rings. The van der Waals surface area contributed by atoms with Crippen LogP contribution in [0.1, 0.15) is 11.3 Å². The lowest BCUT2D eigenvalue weighted by Crippen LogP contribution is -2.06. The van der Waals surface area contributed by atoms with E-state index in [1.165, 1.54) is 13.2 Å². The van der Waals surface area contributed by atoms with E-state index in [0.29, 0.717) is 10.0 Å². The zero-order chi connectivity index (χ0) is 18.2. The molecule has 11 heteroatoms. The molecule has 3 rings (SSSR count). The van der Waals surface area contributed by atoms with Gasteiger partial charge in [-0.2, -0.15) is 18.3 Å². The van der Waals surface area contributed by atoms with Crippen LogP contribution in [-0.2, 0) is 19.8 Å². The third-order valence-corrected chi connectivity index (χ3v) is 4.27. The Bertz CT molecular complexity index is 881. The Hall–Kier alpha value is -2.56. The molecule has 0 unspecified atom stereocenters. The van der Waals surface area contributed by atoms with Crippen molar-refractivity contribution >= 4 is 16.5 Å². The molecule has 0 saturated carbocycles. The van der Waals surface area contributed by atoms with Crippen molar-refractivity contribution in [3.8, 4) is 10.6 Å². The van der Waals surface area contributed by atoms with E-state index in [-0.39, 0.29) is 17.8 Å². The molecule has 0 aliphatic heterocycles. The molecule has 0 bridgehead atoms. The number of rotatable bonds is 4. The van der Waals surface area contributed by atoms with E-state index in [9.17, 15) is 22.0 Å². The molecule has 0 saturated heterocycles. The zero-order valence-electron chi connectivity index (χ0n) is 12.6. The highest BCUT2D eigenvalue weighted by atomic mass is 32.1. The number of nitrogens with zero attached hydrogens (tertiary/aromatic N) is 4. The number of nitrogens with one attached hydrogen (secondary N) is 1. The molecule has 0 atom stereocenters. The van der Waals surface area contributed by atoms with Gasteiger partial charge in [0, 0.05) is 25.4 Å². The molecule has 3 aromatic heterocycles. The molecule has 1 N–H and O–H groups in total. The average Bonchev–Trinajstić information content (AvgIpc) is 3.12. The Morgan fingerprint density at radius 1 is 1.16 bits per heavy atom. The zero-order valence-corrected chi connectivity index (χ0v) is 13.4. The summed E-state index contributed by atoms with van der Waals surface area (Å²) in [7, 11) is 1.39. The summed E-state index contributed by atoms with van der Waals surface area (Å²) in [4.78, 5) is 7.82. The Labute approximate surface area is 142 Å². The highest BCUT2D eigenvalue weighted by molar-refractivity contribution is 7.18. The maximum atomic E-state index is 13.5. The second-order valence-corrected chi connectivity index (χ2v) is 6.03. The van der Waals surface area contributed by atoms with Gasteiger partial charge in [-0.15, -0.1) is 0 Å². The normalized spacial score (nSPS) is 11.8. The molecular weight excluding hydrogens is 365 g/mol. The fraction of sp³-hybridized carbons (Fsp3) is 0.214. The minimum Gasteiger partial charge on any atom is -0.357 e. The summed E-state index contributed by atoms with van der Waals surface area (Å²) in [6.07, 6.45) is -1.40. The highest BCUT2D eigenvalue weighted by Crippen LogP contribution is 2.34. The minimum absolute atomic E-state index is 0.174. The van der Waals surface area contributed by atoms with Gasteiger partial charge in [0.05, 0.1) is 23.0 Å². The van der Waals surface area contributed by atoms with Crippen molar-refractivity contribution in [2.45, 2.75) is 12.7 Å². The molecule has 0 radical (unpaired) electrons. The van der Waals surface area contributed by atoms with E-state index in [1.54, 1.807) is 0 Å². The van der Waals surface area contributed by atoms with Crippen LogP contribution in [-0.4, -0.2) is 19.7 Å². The summed E-state index contributed by atoms with van der Waals surface area (Å²) in [5, 5.41) is 6.47. The van der Waals surface area contributed by atoms with Crippen LogP contribution in [0.3, 0.4) is 0 Å². The molecule has 132 valence electrons.